The largest absolute Gasteiger partial charge is 0.298 e. The van der Waals surface area contributed by atoms with Crippen molar-refractivity contribution in [3.8, 4) is 0 Å². The molecular formula is C15H28N2S. The molecule has 0 N–H and O–H groups in total. The van der Waals surface area contributed by atoms with Crippen LogP contribution in [-0.4, -0.2) is 59.1 Å². The van der Waals surface area contributed by atoms with Crippen LogP contribution in [0.4, 0.5) is 0 Å². The van der Waals surface area contributed by atoms with E-state index in [9.17, 15) is 0 Å². The van der Waals surface area contributed by atoms with Crippen molar-refractivity contribution < 1.29 is 0 Å². The molecule has 2 saturated heterocycles. The molecule has 1 saturated carbocycles. The van der Waals surface area contributed by atoms with Gasteiger partial charge in [0.2, 0.25) is 0 Å². The van der Waals surface area contributed by atoms with Gasteiger partial charge in [-0.3, -0.25) is 9.80 Å². The summed E-state index contributed by atoms with van der Waals surface area (Å²) < 4.78 is 0. The zero-order chi connectivity index (χ0) is 12.4. The molecule has 2 heterocycles. The van der Waals surface area contributed by atoms with Gasteiger partial charge < -0.3 is 0 Å². The Kier molecular flexibility index (Phi) is 4.53. The Labute approximate surface area is 116 Å². The minimum Gasteiger partial charge on any atom is -0.298 e. The third-order valence-corrected chi connectivity index (χ3v) is 6.45. The normalized spacial score (nSPS) is 38.8. The third kappa shape index (κ3) is 2.73. The van der Waals surface area contributed by atoms with Gasteiger partial charge in [-0.25, -0.2) is 0 Å². The van der Waals surface area contributed by atoms with Crippen LogP contribution in [0.15, 0.2) is 0 Å². The molecule has 3 heteroatoms. The first-order valence-electron chi connectivity index (χ1n) is 7.98. The van der Waals surface area contributed by atoms with Crippen molar-refractivity contribution in [1.29, 1.82) is 0 Å². The van der Waals surface area contributed by atoms with Crippen molar-refractivity contribution in [2.24, 2.45) is 0 Å². The van der Waals surface area contributed by atoms with E-state index in [1.165, 1.54) is 70.5 Å². The summed E-state index contributed by atoms with van der Waals surface area (Å²) in [7, 11) is 0. The van der Waals surface area contributed by atoms with Crippen molar-refractivity contribution in [2.75, 3.05) is 31.9 Å². The zero-order valence-corrected chi connectivity index (χ0v) is 12.6. The minimum absolute atomic E-state index is 0.889. The molecule has 18 heavy (non-hydrogen) atoms. The van der Waals surface area contributed by atoms with E-state index in [0.717, 1.165) is 17.3 Å². The molecule has 0 radical (unpaired) electrons. The molecular weight excluding hydrogens is 240 g/mol. The smallest absolute Gasteiger partial charge is 0.0223 e. The van der Waals surface area contributed by atoms with E-state index in [1.54, 1.807) is 0 Å². The monoisotopic (exact) mass is 268 g/mol. The summed E-state index contributed by atoms with van der Waals surface area (Å²) in [5, 5.41) is 0.935. The summed E-state index contributed by atoms with van der Waals surface area (Å²) in [4.78, 5) is 5.61. The molecule has 3 unspecified atom stereocenters. The van der Waals surface area contributed by atoms with Crippen LogP contribution in [0.1, 0.15) is 45.4 Å². The predicted octanol–water partition coefficient (Wildman–Crippen LogP) is 2.83. The maximum absolute atomic E-state index is 2.85. The second kappa shape index (κ2) is 6.15. The van der Waals surface area contributed by atoms with Gasteiger partial charge in [-0.05, 0) is 38.0 Å². The Morgan fingerprint density at radius 3 is 2.72 bits per heavy atom. The standard InChI is InChI=1S/C15H28N2S/c1-2-18-15-8-5-7-14(15)17-11-10-16-9-4-3-6-13(16)12-17/h13-15H,2-12H2,1H3. The van der Waals surface area contributed by atoms with E-state index < -0.39 is 0 Å². The highest BCUT2D eigenvalue weighted by Gasteiger charge is 2.37. The van der Waals surface area contributed by atoms with Crippen molar-refractivity contribution in [3.05, 3.63) is 0 Å². The molecule has 0 amide bonds. The minimum atomic E-state index is 0.889. The average Bonchev–Trinajstić information content (AvgIpc) is 2.87. The Morgan fingerprint density at radius 2 is 1.83 bits per heavy atom. The quantitative estimate of drug-likeness (QED) is 0.777. The van der Waals surface area contributed by atoms with Gasteiger partial charge in [0.15, 0.2) is 0 Å². The fourth-order valence-corrected chi connectivity index (χ4v) is 5.51. The third-order valence-electron chi connectivity index (χ3n) is 5.14. The van der Waals surface area contributed by atoms with Gasteiger partial charge in [0.1, 0.15) is 0 Å². The molecule has 0 aromatic rings. The zero-order valence-electron chi connectivity index (χ0n) is 11.8. The first-order chi connectivity index (χ1) is 8.88. The summed E-state index contributed by atoms with van der Waals surface area (Å²) in [6.07, 6.45) is 8.75. The number of hydrogen-bond acceptors (Lipinski definition) is 3. The van der Waals surface area contributed by atoms with Gasteiger partial charge in [0, 0.05) is 37.0 Å². The number of thioether (sulfide) groups is 1. The molecule has 0 spiro atoms. The van der Waals surface area contributed by atoms with Crippen LogP contribution in [0, 0.1) is 0 Å². The Morgan fingerprint density at radius 1 is 0.944 bits per heavy atom. The van der Waals surface area contributed by atoms with Crippen molar-refractivity contribution >= 4 is 11.8 Å². The summed E-state index contributed by atoms with van der Waals surface area (Å²) >= 11 is 2.21. The molecule has 104 valence electrons. The fourth-order valence-electron chi connectivity index (χ4n) is 4.21. The molecule has 0 bridgehead atoms. The number of fused-ring (bicyclic) bond motifs is 1. The topological polar surface area (TPSA) is 6.48 Å². The Bertz CT molecular complexity index is 271. The maximum atomic E-state index is 2.85. The van der Waals surface area contributed by atoms with E-state index >= 15 is 0 Å². The molecule has 3 fully saturated rings. The van der Waals surface area contributed by atoms with Crippen molar-refractivity contribution in [1.82, 2.24) is 9.80 Å². The highest BCUT2D eigenvalue weighted by atomic mass is 32.2. The van der Waals surface area contributed by atoms with Crippen LogP contribution < -0.4 is 0 Å². The number of piperidine rings is 1. The van der Waals surface area contributed by atoms with Crippen LogP contribution in [-0.2, 0) is 0 Å². The van der Waals surface area contributed by atoms with Crippen LogP contribution in [0.3, 0.4) is 0 Å². The summed E-state index contributed by atoms with van der Waals surface area (Å²) in [5.74, 6) is 1.30. The van der Waals surface area contributed by atoms with Crippen molar-refractivity contribution in [2.45, 2.75) is 62.8 Å². The van der Waals surface area contributed by atoms with E-state index in [2.05, 4.69) is 28.5 Å². The highest BCUT2D eigenvalue weighted by Crippen LogP contribution is 2.35. The summed E-state index contributed by atoms with van der Waals surface area (Å²) in [5.41, 5.74) is 0. The summed E-state index contributed by atoms with van der Waals surface area (Å²) in [6.45, 7) is 7.73. The molecule has 0 aromatic carbocycles. The van der Waals surface area contributed by atoms with Gasteiger partial charge in [-0.15, -0.1) is 0 Å². The lowest BCUT2D eigenvalue weighted by molar-refractivity contribution is 0.0298. The van der Waals surface area contributed by atoms with Crippen LogP contribution in [0.5, 0.6) is 0 Å². The molecule has 2 nitrogen and oxygen atoms in total. The lowest BCUT2D eigenvalue weighted by atomic mass is 9.98. The maximum Gasteiger partial charge on any atom is 0.0223 e. The van der Waals surface area contributed by atoms with Gasteiger partial charge in [0.25, 0.3) is 0 Å². The molecule has 3 aliphatic rings. The van der Waals surface area contributed by atoms with Gasteiger partial charge in [-0.2, -0.15) is 11.8 Å². The fraction of sp³-hybridized carbons (Fsp3) is 1.00. The van der Waals surface area contributed by atoms with Gasteiger partial charge in [0.05, 0.1) is 0 Å². The Hall–Kier alpha value is 0.270. The number of rotatable bonds is 3. The molecule has 3 rings (SSSR count). The Balaban J connectivity index is 1.59. The van der Waals surface area contributed by atoms with Gasteiger partial charge >= 0.3 is 0 Å². The SMILES string of the molecule is CCSC1CCCC1N1CCN2CCCCC2C1. The number of nitrogens with zero attached hydrogens (tertiary/aromatic N) is 2. The highest BCUT2D eigenvalue weighted by molar-refractivity contribution is 7.99. The first kappa shape index (κ1) is 13.3. The number of piperazine rings is 1. The lowest BCUT2D eigenvalue weighted by Gasteiger charge is -2.47. The van der Waals surface area contributed by atoms with E-state index in [-0.39, 0.29) is 0 Å². The predicted molar refractivity (Wildman–Crippen MR) is 80.3 cm³/mol. The molecule has 0 aromatic heterocycles. The second-order valence-electron chi connectivity index (χ2n) is 6.17. The average molecular weight is 268 g/mol. The first-order valence-corrected chi connectivity index (χ1v) is 9.03. The van der Waals surface area contributed by atoms with Crippen LogP contribution >= 0.6 is 11.8 Å². The second-order valence-corrected chi connectivity index (χ2v) is 7.69. The van der Waals surface area contributed by atoms with Crippen LogP contribution in [0.2, 0.25) is 0 Å². The molecule has 2 aliphatic heterocycles. The van der Waals surface area contributed by atoms with E-state index in [4.69, 9.17) is 0 Å². The molecule has 1 aliphatic carbocycles. The van der Waals surface area contributed by atoms with Gasteiger partial charge in [-0.1, -0.05) is 19.8 Å². The lowest BCUT2D eigenvalue weighted by Crippen LogP contribution is -2.58. The van der Waals surface area contributed by atoms with Crippen LogP contribution in [0.25, 0.3) is 0 Å². The summed E-state index contributed by atoms with van der Waals surface area (Å²) in [6, 6.07) is 1.79. The molecule has 3 atom stereocenters. The van der Waals surface area contributed by atoms with E-state index in [0.29, 0.717) is 0 Å². The van der Waals surface area contributed by atoms with Crippen molar-refractivity contribution in [3.63, 3.8) is 0 Å². The van der Waals surface area contributed by atoms with E-state index in [1.807, 2.05) is 0 Å². The number of hydrogen-bond donors (Lipinski definition) is 0.